The van der Waals surface area contributed by atoms with Crippen LogP contribution in [0, 0.1) is 5.41 Å². The zero-order valence-corrected chi connectivity index (χ0v) is 12.8. The Kier molecular flexibility index (Phi) is 5.33. The minimum Gasteiger partial charge on any atom is -0.481 e. The molecule has 1 aliphatic carbocycles. The number of nitrogens with zero attached hydrogens (tertiary/aromatic N) is 2. The van der Waals surface area contributed by atoms with Gasteiger partial charge in [-0.25, -0.2) is 0 Å². The third-order valence-corrected chi connectivity index (χ3v) is 4.36. The van der Waals surface area contributed by atoms with Gasteiger partial charge in [0, 0.05) is 13.5 Å². The minimum absolute atomic E-state index is 0.181. The first-order valence-corrected chi connectivity index (χ1v) is 7.70. The number of ether oxygens (including phenoxy) is 1. The van der Waals surface area contributed by atoms with Gasteiger partial charge < -0.3 is 14.4 Å². The maximum absolute atomic E-state index is 11.7. The zero-order chi connectivity index (χ0) is 15.3. The Labute approximate surface area is 124 Å². The zero-order valence-electron chi connectivity index (χ0n) is 12.8. The highest BCUT2D eigenvalue weighted by Crippen LogP contribution is 2.39. The molecule has 1 fully saturated rings. The van der Waals surface area contributed by atoms with E-state index in [0.29, 0.717) is 31.0 Å². The van der Waals surface area contributed by atoms with Crippen molar-refractivity contribution >= 4 is 5.97 Å². The first-order chi connectivity index (χ1) is 10.1. The lowest BCUT2D eigenvalue weighted by Crippen LogP contribution is -2.35. The second-order valence-electron chi connectivity index (χ2n) is 5.88. The summed E-state index contributed by atoms with van der Waals surface area (Å²) in [4.78, 5) is 16.0. The lowest BCUT2D eigenvalue weighted by Gasteiger charge is -2.31. The van der Waals surface area contributed by atoms with Crippen LogP contribution >= 0.6 is 0 Å². The van der Waals surface area contributed by atoms with E-state index in [2.05, 4.69) is 17.1 Å². The molecule has 1 aromatic heterocycles. The third-order valence-electron chi connectivity index (χ3n) is 4.36. The highest BCUT2D eigenvalue weighted by molar-refractivity contribution is 5.75. The molecule has 0 radical (unpaired) electrons. The highest BCUT2D eigenvalue weighted by Gasteiger charge is 2.41. The quantitative estimate of drug-likeness (QED) is 0.832. The fraction of sp³-hybridized carbons (Fsp3) is 0.800. The molecule has 1 saturated carbocycles. The molecule has 0 bridgehead atoms. The lowest BCUT2D eigenvalue weighted by atomic mass is 9.72. The SMILES string of the molecule is CCCC(OC)c1noc(CC2(C(=O)O)CCCCC2)n1. The first-order valence-electron chi connectivity index (χ1n) is 7.70. The predicted molar refractivity (Wildman–Crippen MR) is 75.8 cm³/mol. The van der Waals surface area contributed by atoms with Crippen LogP contribution in [0.25, 0.3) is 0 Å². The van der Waals surface area contributed by atoms with E-state index in [0.717, 1.165) is 32.1 Å². The number of methoxy groups -OCH3 is 1. The van der Waals surface area contributed by atoms with Crippen LogP contribution in [0.3, 0.4) is 0 Å². The largest absolute Gasteiger partial charge is 0.481 e. The predicted octanol–water partition coefficient (Wildman–Crippen LogP) is 3.13. The van der Waals surface area contributed by atoms with Gasteiger partial charge in [-0.05, 0) is 19.3 Å². The van der Waals surface area contributed by atoms with Crippen molar-refractivity contribution in [3.8, 4) is 0 Å². The van der Waals surface area contributed by atoms with E-state index in [1.807, 2.05) is 0 Å². The molecule has 1 heterocycles. The van der Waals surface area contributed by atoms with Gasteiger partial charge in [0.1, 0.15) is 6.10 Å². The van der Waals surface area contributed by atoms with Gasteiger partial charge in [-0.15, -0.1) is 0 Å². The lowest BCUT2D eigenvalue weighted by molar-refractivity contribution is -0.151. The highest BCUT2D eigenvalue weighted by atomic mass is 16.5. The average molecular weight is 296 g/mol. The Morgan fingerprint density at radius 2 is 2.14 bits per heavy atom. The molecule has 118 valence electrons. The molecule has 1 aromatic rings. The summed E-state index contributed by atoms with van der Waals surface area (Å²) in [6.45, 7) is 2.06. The summed E-state index contributed by atoms with van der Waals surface area (Å²) < 4.78 is 10.6. The standard InChI is InChI=1S/C15H24N2O4/c1-3-7-11(20-2)13-16-12(21-17-13)10-15(14(18)19)8-5-4-6-9-15/h11H,3-10H2,1-2H3,(H,18,19). The van der Waals surface area contributed by atoms with Gasteiger partial charge in [-0.2, -0.15) is 4.98 Å². The molecule has 1 aliphatic rings. The number of carbonyl (C=O) groups is 1. The number of carboxylic acids is 1. The Morgan fingerprint density at radius 1 is 1.43 bits per heavy atom. The van der Waals surface area contributed by atoms with Gasteiger partial charge in [0.15, 0.2) is 0 Å². The van der Waals surface area contributed by atoms with Crippen molar-refractivity contribution in [2.75, 3.05) is 7.11 Å². The summed E-state index contributed by atoms with van der Waals surface area (Å²) in [5.74, 6) is 0.178. The van der Waals surface area contributed by atoms with Gasteiger partial charge in [-0.1, -0.05) is 37.8 Å². The van der Waals surface area contributed by atoms with E-state index >= 15 is 0 Å². The van der Waals surface area contributed by atoms with Crippen molar-refractivity contribution in [1.82, 2.24) is 10.1 Å². The van der Waals surface area contributed by atoms with Crippen LogP contribution in [0.4, 0.5) is 0 Å². The molecule has 0 spiro atoms. The second kappa shape index (κ2) is 7.02. The van der Waals surface area contributed by atoms with Gasteiger partial charge in [-0.3, -0.25) is 4.79 Å². The molecule has 21 heavy (non-hydrogen) atoms. The number of hydrogen-bond acceptors (Lipinski definition) is 5. The fourth-order valence-corrected chi connectivity index (χ4v) is 3.07. The Hall–Kier alpha value is -1.43. The molecule has 0 amide bonds. The molecular weight excluding hydrogens is 272 g/mol. The molecule has 0 aromatic carbocycles. The minimum atomic E-state index is -0.751. The Balaban J connectivity index is 2.11. The molecule has 2 rings (SSSR count). The number of rotatable bonds is 7. The summed E-state index contributed by atoms with van der Waals surface area (Å²) in [6.07, 6.45) is 6.28. The van der Waals surface area contributed by atoms with Crippen molar-refractivity contribution in [2.24, 2.45) is 5.41 Å². The van der Waals surface area contributed by atoms with Gasteiger partial charge in [0.2, 0.25) is 11.7 Å². The molecule has 0 aliphatic heterocycles. The van der Waals surface area contributed by atoms with E-state index in [1.54, 1.807) is 7.11 Å². The summed E-state index contributed by atoms with van der Waals surface area (Å²) >= 11 is 0. The summed E-state index contributed by atoms with van der Waals surface area (Å²) in [6, 6.07) is 0. The van der Waals surface area contributed by atoms with Crippen LogP contribution < -0.4 is 0 Å². The summed E-state index contributed by atoms with van der Waals surface area (Å²) in [7, 11) is 1.62. The molecule has 1 N–H and O–H groups in total. The van der Waals surface area contributed by atoms with Crippen molar-refractivity contribution in [1.29, 1.82) is 0 Å². The van der Waals surface area contributed by atoms with Crippen LogP contribution in [0.1, 0.15) is 69.7 Å². The summed E-state index contributed by atoms with van der Waals surface area (Å²) in [5.41, 5.74) is -0.741. The number of hydrogen-bond donors (Lipinski definition) is 1. The Morgan fingerprint density at radius 3 is 2.71 bits per heavy atom. The number of aliphatic carboxylic acids is 1. The van der Waals surface area contributed by atoms with Crippen LogP contribution in [0.15, 0.2) is 4.52 Å². The normalized spacial score (nSPS) is 19.3. The van der Waals surface area contributed by atoms with E-state index in [4.69, 9.17) is 9.26 Å². The van der Waals surface area contributed by atoms with E-state index in [9.17, 15) is 9.90 Å². The number of aromatic nitrogens is 2. The van der Waals surface area contributed by atoms with E-state index in [-0.39, 0.29) is 6.10 Å². The monoisotopic (exact) mass is 296 g/mol. The maximum atomic E-state index is 11.7. The number of carboxylic acid groups (broad SMARTS) is 1. The molecule has 6 nitrogen and oxygen atoms in total. The van der Waals surface area contributed by atoms with Crippen molar-refractivity contribution in [3.05, 3.63) is 11.7 Å². The average Bonchev–Trinajstić information content (AvgIpc) is 2.93. The second-order valence-corrected chi connectivity index (χ2v) is 5.88. The van der Waals surface area contributed by atoms with Crippen LogP contribution in [-0.2, 0) is 16.0 Å². The molecule has 6 heteroatoms. The Bertz CT molecular complexity index is 466. The van der Waals surface area contributed by atoms with E-state index < -0.39 is 11.4 Å². The van der Waals surface area contributed by atoms with Crippen molar-refractivity contribution in [3.63, 3.8) is 0 Å². The first kappa shape index (κ1) is 15.9. The van der Waals surface area contributed by atoms with Gasteiger partial charge in [0.25, 0.3) is 0 Å². The molecular formula is C15H24N2O4. The van der Waals surface area contributed by atoms with Crippen molar-refractivity contribution < 1.29 is 19.2 Å². The maximum Gasteiger partial charge on any atom is 0.310 e. The van der Waals surface area contributed by atoms with Crippen LogP contribution in [0.5, 0.6) is 0 Å². The molecule has 1 unspecified atom stereocenters. The van der Waals surface area contributed by atoms with E-state index in [1.165, 1.54) is 0 Å². The van der Waals surface area contributed by atoms with Gasteiger partial charge >= 0.3 is 5.97 Å². The third kappa shape index (κ3) is 3.61. The van der Waals surface area contributed by atoms with Crippen LogP contribution in [-0.4, -0.2) is 28.3 Å². The summed E-state index contributed by atoms with van der Waals surface area (Å²) in [5, 5.41) is 13.5. The van der Waals surface area contributed by atoms with Gasteiger partial charge in [0.05, 0.1) is 5.41 Å². The smallest absolute Gasteiger partial charge is 0.310 e. The fourth-order valence-electron chi connectivity index (χ4n) is 3.07. The molecule has 0 saturated heterocycles. The van der Waals surface area contributed by atoms with Crippen LogP contribution in [0.2, 0.25) is 0 Å². The topological polar surface area (TPSA) is 85.5 Å². The molecule has 1 atom stereocenters. The van der Waals surface area contributed by atoms with Crippen molar-refractivity contribution in [2.45, 2.75) is 64.4 Å².